The van der Waals surface area contributed by atoms with Gasteiger partial charge in [0.15, 0.2) is 5.82 Å². The lowest BCUT2D eigenvalue weighted by molar-refractivity contribution is 0.579. The molecule has 1 heterocycles. The molecule has 0 spiro atoms. The standard InChI is InChI=1S/C12H11ClIN3O2S/c1-7-3-2-4-9(10(7)14)11-15-16-12(20(13,18)19)17(11)8-5-6-8/h2-4,8H,5-6H2,1H3. The second-order valence-electron chi connectivity index (χ2n) is 4.78. The molecule has 2 aromatic rings. The number of nitrogens with zero attached hydrogens (tertiary/aromatic N) is 3. The van der Waals surface area contributed by atoms with Crippen molar-refractivity contribution in [3.05, 3.63) is 27.3 Å². The summed E-state index contributed by atoms with van der Waals surface area (Å²) in [6, 6.07) is 5.97. The minimum absolute atomic E-state index is 0.125. The largest absolute Gasteiger partial charge is 0.296 e. The summed E-state index contributed by atoms with van der Waals surface area (Å²) in [4.78, 5) is 0. The molecule has 0 radical (unpaired) electrons. The highest BCUT2D eigenvalue weighted by atomic mass is 127. The highest BCUT2D eigenvalue weighted by Crippen LogP contribution is 2.41. The quantitative estimate of drug-likeness (QED) is 0.562. The van der Waals surface area contributed by atoms with Crippen molar-refractivity contribution in [2.45, 2.75) is 31.0 Å². The van der Waals surface area contributed by atoms with Crippen LogP contribution < -0.4 is 0 Å². The second kappa shape index (κ2) is 4.96. The molecule has 3 rings (SSSR count). The third kappa shape index (κ3) is 2.46. The first-order chi connectivity index (χ1) is 9.39. The van der Waals surface area contributed by atoms with Gasteiger partial charge in [-0.05, 0) is 47.9 Å². The zero-order chi connectivity index (χ0) is 14.5. The molecular weight excluding hydrogens is 413 g/mol. The Morgan fingerprint density at radius 1 is 1.35 bits per heavy atom. The Hall–Kier alpha value is -0.670. The predicted octanol–water partition coefficient (Wildman–Crippen LogP) is 3.12. The van der Waals surface area contributed by atoms with Gasteiger partial charge in [-0.15, -0.1) is 10.2 Å². The van der Waals surface area contributed by atoms with Crippen LogP contribution in [0.2, 0.25) is 0 Å². The minimum atomic E-state index is -3.89. The maximum absolute atomic E-state index is 11.6. The molecule has 0 unspecified atom stereocenters. The molecule has 1 aromatic heterocycles. The molecule has 1 saturated carbocycles. The Balaban J connectivity index is 2.25. The molecular formula is C12H11ClIN3O2S. The molecule has 1 aliphatic rings. The lowest BCUT2D eigenvalue weighted by Crippen LogP contribution is -2.06. The lowest BCUT2D eigenvalue weighted by atomic mass is 10.1. The van der Waals surface area contributed by atoms with E-state index in [1.807, 2.05) is 25.1 Å². The summed E-state index contributed by atoms with van der Waals surface area (Å²) in [5, 5.41) is 7.69. The van der Waals surface area contributed by atoms with Gasteiger partial charge in [-0.3, -0.25) is 4.57 Å². The molecule has 8 heteroatoms. The molecule has 0 atom stereocenters. The van der Waals surface area contributed by atoms with Gasteiger partial charge in [0.1, 0.15) is 0 Å². The Morgan fingerprint density at radius 2 is 2.05 bits per heavy atom. The number of benzene rings is 1. The van der Waals surface area contributed by atoms with Crippen LogP contribution in [0.25, 0.3) is 11.4 Å². The lowest BCUT2D eigenvalue weighted by Gasteiger charge is -2.10. The minimum Gasteiger partial charge on any atom is -0.294 e. The Kier molecular flexibility index (Phi) is 3.54. The van der Waals surface area contributed by atoms with E-state index >= 15 is 0 Å². The van der Waals surface area contributed by atoms with Gasteiger partial charge < -0.3 is 0 Å². The van der Waals surface area contributed by atoms with Crippen LogP contribution in [0.15, 0.2) is 23.4 Å². The Morgan fingerprint density at radius 3 is 2.65 bits per heavy atom. The maximum atomic E-state index is 11.6. The normalized spacial score (nSPS) is 15.6. The molecule has 1 fully saturated rings. The van der Waals surface area contributed by atoms with Crippen LogP contribution in [-0.4, -0.2) is 23.2 Å². The Bertz CT molecular complexity index is 784. The van der Waals surface area contributed by atoms with Crippen LogP contribution in [-0.2, 0) is 9.05 Å². The van der Waals surface area contributed by atoms with Gasteiger partial charge in [-0.25, -0.2) is 8.42 Å². The number of aryl methyl sites for hydroxylation is 1. The SMILES string of the molecule is Cc1cccc(-c2nnc(S(=O)(=O)Cl)n2C2CC2)c1I. The summed E-state index contributed by atoms with van der Waals surface area (Å²) >= 11 is 2.24. The fourth-order valence-corrected chi connectivity index (χ4v) is 3.63. The van der Waals surface area contributed by atoms with E-state index in [0.717, 1.165) is 27.5 Å². The fraction of sp³-hybridized carbons (Fsp3) is 0.333. The molecule has 5 nitrogen and oxygen atoms in total. The van der Waals surface area contributed by atoms with Gasteiger partial charge in [-0.2, -0.15) is 0 Å². The van der Waals surface area contributed by atoms with Gasteiger partial charge in [0.05, 0.1) is 0 Å². The summed E-state index contributed by atoms with van der Waals surface area (Å²) in [5.41, 5.74) is 2.00. The molecule has 0 N–H and O–H groups in total. The average molecular weight is 424 g/mol. The predicted molar refractivity (Wildman–Crippen MR) is 84.2 cm³/mol. The van der Waals surface area contributed by atoms with E-state index in [1.165, 1.54) is 0 Å². The van der Waals surface area contributed by atoms with Crippen LogP contribution in [0.1, 0.15) is 24.4 Å². The molecule has 0 saturated heterocycles. The van der Waals surface area contributed by atoms with E-state index < -0.39 is 9.05 Å². The third-order valence-electron chi connectivity index (χ3n) is 3.23. The van der Waals surface area contributed by atoms with Crippen LogP contribution in [0.5, 0.6) is 0 Å². The topological polar surface area (TPSA) is 64.8 Å². The van der Waals surface area contributed by atoms with Crippen LogP contribution in [0.3, 0.4) is 0 Å². The van der Waals surface area contributed by atoms with E-state index in [2.05, 4.69) is 32.8 Å². The van der Waals surface area contributed by atoms with Crippen LogP contribution in [0.4, 0.5) is 0 Å². The smallest absolute Gasteiger partial charge is 0.294 e. The molecule has 106 valence electrons. The molecule has 0 amide bonds. The van der Waals surface area contributed by atoms with Crippen molar-refractivity contribution in [1.29, 1.82) is 0 Å². The number of aromatic nitrogens is 3. The van der Waals surface area contributed by atoms with E-state index in [-0.39, 0.29) is 11.2 Å². The number of halogens is 2. The summed E-state index contributed by atoms with van der Waals surface area (Å²) in [7, 11) is 1.56. The highest BCUT2D eigenvalue weighted by Gasteiger charge is 2.34. The summed E-state index contributed by atoms with van der Waals surface area (Å²) < 4.78 is 25.9. The molecule has 0 bridgehead atoms. The zero-order valence-corrected chi connectivity index (χ0v) is 14.3. The first kappa shape index (κ1) is 14.3. The molecule has 0 aliphatic heterocycles. The third-order valence-corrected chi connectivity index (χ3v) is 5.79. The first-order valence-corrected chi connectivity index (χ1v) is 9.43. The van der Waals surface area contributed by atoms with Gasteiger partial charge in [0.2, 0.25) is 0 Å². The fourth-order valence-electron chi connectivity index (χ4n) is 2.11. The van der Waals surface area contributed by atoms with E-state index in [9.17, 15) is 8.42 Å². The van der Waals surface area contributed by atoms with Gasteiger partial charge in [0.25, 0.3) is 14.2 Å². The number of hydrogen-bond acceptors (Lipinski definition) is 4. The summed E-state index contributed by atoms with van der Waals surface area (Å²) in [6.45, 7) is 2.00. The zero-order valence-electron chi connectivity index (χ0n) is 10.5. The van der Waals surface area contributed by atoms with Crippen molar-refractivity contribution in [2.75, 3.05) is 0 Å². The summed E-state index contributed by atoms with van der Waals surface area (Å²) in [6.07, 6.45) is 1.85. The average Bonchev–Trinajstić information content (AvgIpc) is 3.10. The van der Waals surface area contributed by atoms with E-state index in [1.54, 1.807) is 4.57 Å². The summed E-state index contributed by atoms with van der Waals surface area (Å²) in [5.74, 6) is 0.569. The van der Waals surface area contributed by atoms with Crippen molar-refractivity contribution in [2.24, 2.45) is 0 Å². The van der Waals surface area contributed by atoms with Crippen molar-refractivity contribution in [3.63, 3.8) is 0 Å². The second-order valence-corrected chi connectivity index (χ2v) is 8.32. The monoisotopic (exact) mass is 423 g/mol. The van der Waals surface area contributed by atoms with Gasteiger partial charge in [-0.1, -0.05) is 18.2 Å². The van der Waals surface area contributed by atoms with Crippen molar-refractivity contribution in [3.8, 4) is 11.4 Å². The van der Waals surface area contributed by atoms with E-state index in [0.29, 0.717) is 5.82 Å². The van der Waals surface area contributed by atoms with Gasteiger partial charge >= 0.3 is 0 Å². The molecule has 1 aliphatic carbocycles. The van der Waals surface area contributed by atoms with Crippen LogP contribution in [0, 0.1) is 10.5 Å². The highest BCUT2D eigenvalue weighted by molar-refractivity contribution is 14.1. The van der Waals surface area contributed by atoms with Crippen molar-refractivity contribution in [1.82, 2.24) is 14.8 Å². The number of rotatable bonds is 3. The maximum Gasteiger partial charge on any atom is 0.296 e. The van der Waals surface area contributed by atoms with Crippen LogP contribution >= 0.6 is 33.3 Å². The van der Waals surface area contributed by atoms with Crippen molar-refractivity contribution < 1.29 is 8.42 Å². The molecule has 20 heavy (non-hydrogen) atoms. The number of hydrogen-bond donors (Lipinski definition) is 0. The van der Waals surface area contributed by atoms with E-state index in [4.69, 9.17) is 10.7 Å². The van der Waals surface area contributed by atoms with Crippen molar-refractivity contribution >= 4 is 42.3 Å². The Labute approximate surface area is 134 Å². The first-order valence-electron chi connectivity index (χ1n) is 6.04. The van der Waals surface area contributed by atoms with Gasteiger partial charge in [0, 0.05) is 25.9 Å². The molecule has 1 aromatic carbocycles.